The molecule has 1 heterocycles. The first-order valence-electron chi connectivity index (χ1n) is 13.0. The molecule has 0 radical (unpaired) electrons. The zero-order valence-corrected chi connectivity index (χ0v) is 23.7. The van der Waals surface area contributed by atoms with Gasteiger partial charge in [-0.1, -0.05) is 48.5 Å². The van der Waals surface area contributed by atoms with Gasteiger partial charge in [-0.3, -0.25) is 0 Å². The quantitative estimate of drug-likeness (QED) is 0.205. The third-order valence-electron chi connectivity index (χ3n) is 7.29. The van der Waals surface area contributed by atoms with Crippen molar-refractivity contribution in [2.75, 3.05) is 6.26 Å². The zero-order chi connectivity index (χ0) is 29.2. The van der Waals surface area contributed by atoms with Gasteiger partial charge in [0.05, 0.1) is 28.8 Å². The van der Waals surface area contributed by atoms with Gasteiger partial charge >= 0.3 is 0 Å². The van der Waals surface area contributed by atoms with Crippen molar-refractivity contribution in [1.82, 2.24) is 9.71 Å². The van der Waals surface area contributed by atoms with Crippen molar-refractivity contribution in [3.8, 4) is 16.9 Å². The Morgan fingerprint density at radius 1 is 1.07 bits per heavy atom. The molecule has 1 fully saturated rings. The Kier molecular flexibility index (Phi) is 8.45. The van der Waals surface area contributed by atoms with Gasteiger partial charge in [-0.15, -0.1) is 11.6 Å². The molecular formula is C30H28ClF3N2O4S. The largest absolute Gasteiger partial charge is 0.485 e. The van der Waals surface area contributed by atoms with Crippen LogP contribution in [0.5, 0.6) is 5.75 Å². The van der Waals surface area contributed by atoms with E-state index in [2.05, 4.69) is 9.71 Å². The first-order valence-corrected chi connectivity index (χ1v) is 15.4. The van der Waals surface area contributed by atoms with Gasteiger partial charge in [0.15, 0.2) is 11.6 Å². The van der Waals surface area contributed by atoms with E-state index in [9.17, 15) is 12.8 Å². The van der Waals surface area contributed by atoms with Gasteiger partial charge in [0.25, 0.3) is 0 Å². The number of hydrogen-bond acceptors (Lipinski definition) is 5. The second-order valence-electron chi connectivity index (χ2n) is 10.4. The van der Waals surface area contributed by atoms with Crippen LogP contribution < -0.4 is 9.46 Å². The molecule has 0 amide bonds. The van der Waals surface area contributed by atoms with Gasteiger partial charge < -0.3 is 9.15 Å². The van der Waals surface area contributed by atoms with Crippen molar-refractivity contribution in [1.29, 1.82) is 0 Å². The van der Waals surface area contributed by atoms with Crippen LogP contribution in [0.1, 0.15) is 42.0 Å². The van der Waals surface area contributed by atoms with E-state index in [1.165, 1.54) is 30.5 Å². The molecule has 2 atom stereocenters. The number of halogens is 4. The van der Waals surface area contributed by atoms with Crippen LogP contribution in [-0.2, 0) is 34.3 Å². The lowest BCUT2D eigenvalue weighted by atomic mass is 9.79. The molecule has 0 spiro atoms. The minimum absolute atomic E-state index is 0.00259. The van der Waals surface area contributed by atoms with Crippen molar-refractivity contribution >= 4 is 21.6 Å². The Morgan fingerprint density at radius 3 is 2.56 bits per heavy atom. The summed E-state index contributed by atoms with van der Waals surface area (Å²) in [4.78, 5) is 4.47. The molecule has 4 aromatic rings. The molecule has 0 saturated heterocycles. The number of aromatic nitrogens is 1. The molecule has 41 heavy (non-hydrogen) atoms. The summed E-state index contributed by atoms with van der Waals surface area (Å²) in [5, 5.41) is 0. The van der Waals surface area contributed by atoms with Crippen molar-refractivity contribution < 1.29 is 30.7 Å². The third-order valence-corrected chi connectivity index (χ3v) is 8.33. The van der Waals surface area contributed by atoms with Gasteiger partial charge in [0.2, 0.25) is 15.9 Å². The van der Waals surface area contributed by atoms with Gasteiger partial charge in [-0.05, 0) is 48.9 Å². The van der Waals surface area contributed by atoms with Crippen molar-refractivity contribution in [2.45, 2.75) is 49.6 Å². The Labute approximate surface area is 241 Å². The second-order valence-corrected chi connectivity index (χ2v) is 12.4. The first-order chi connectivity index (χ1) is 19.6. The highest BCUT2D eigenvalue weighted by Crippen LogP contribution is 2.45. The number of ether oxygens (including phenoxy) is 1. The van der Waals surface area contributed by atoms with E-state index in [1.54, 1.807) is 12.1 Å². The maximum absolute atomic E-state index is 16.3. The molecule has 216 valence electrons. The number of hydrogen-bond donors (Lipinski definition) is 1. The average Bonchev–Trinajstić information content (AvgIpc) is 3.58. The van der Waals surface area contributed by atoms with Crippen LogP contribution in [0.2, 0.25) is 0 Å². The predicted molar refractivity (Wildman–Crippen MR) is 150 cm³/mol. The topological polar surface area (TPSA) is 81.4 Å². The van der Waals surface area contributed by atoms with Crippen LogP contribution in [0, 0.1) is 17.5 Å². The van der Waals surface area contributed by atoms with Crippen molar-refractivity contribution in [3.63, 3.8) is 0 Å². The smallest absolute Gasteiger partial charge is 0.208 e. The lowest BCUT2D eigenvalue weighted by Gasteiger charge is -2.27. The molecule has 1 aliphatic carbocycles. The van der Waals surface area contributed by atoms with E-state index in [4.69, 9.17) is 20.8 Å². The zero-order valence-electron chi connectivity index (χ0n) is 22.2. The highest BCUT2D eigenvalue weighted by atomic mass is 35.5. The molecule has 1 N–H and O–H groups in total. The fourth-order valence-corrected chi connectivity index (χ4v) is 6.43. The van der Waals surface area contributed by atoms with E-state index < -0.39 is 44.5 Å². The fraction of sp³-hybridized carbons (Fsp3) is 0.300. The Balaban J connectivity index is 1.53. The van der Waals surface area contributed by atoms with Gasteiger partial charge in [0.1, 0.15) is 24.5 Å². The summed E-state index contributed by atoms with van der Waals surface area (Å²) in [5.41, 5.74) is 0.0236. The summed E-state index contributed by atoms with van der Waals surface area (Å²) in [6.45, 7) is 0.00259. The van der Waals surface area contributed by atoms with E-state index >= 15 is 8.78 Å². The molecule has 1 aliphatic rings. The molecule has 5 rings (SSSR count). The van der Waals surface area contributed by atoms with Crippen LogP contribution >= 0.6 is 11.6 Å². The summed E-state index contributed by atoms with van der Waals surface area (Å²) < 4.78 is 84.5. The lowest BCUT2D eigenvalue weighted by Crippen LogP contribution is -2.35. The van der Waals surface area contributed by atoms with Crippen molar-refractivity contribution in [3.05, 3.63) is 107 Å². The number of rotatable bonds is 10. The average molecular weight is 605 g/mol. The van der Waals surface area contributed by atoms with Crippen LogP contribution in [0.3, 0.4) is 0 Å². The normalized spacial score (nSPS) is 19.0. The van der Waals surface area contributed by atoms with Gasteiger partial charge in [0, 0.05) is 11.6 Å². The van der Waals surface area contributed by atoms with E-state index in [0.717, 1.165) is 17.9 Å². The van der Waals surface area contributed by atoms with E-state index in [0.29, 0.717) is 24.4 Å². The summed E-state index contributed by atoms with van der Waals surface area (Å²) in [6.07, 6.45) is 3.69. The monoisotopic (exact) mass is 604 g/mol. The van der Waals surface area contributed by atoms with Gasteiger partial charge in [-0.25, -0.2) is 31.3 Å². The molecule has 1 aromatic heterocycles. The first kappa shape index (κ1) is 29.2. The molecule has 0 unspecified atom stereocenters. The summed E-state index contributed by atoms with van der Waals surface area (Å²) in [6, 6.07) is 15.0. The van der Waals surface area contributed by atoms with Crippen LogP contribution in [-0.4, -0.2) is 25.7 Å². The Bertz CT molecular complexity index is 1650. The molecule has 6 nitrogen and oxygen atoms in total. The van der Waals surface area contributed by atoms with E-state index in [-0.39, 0.29) is 42.2 Å². The number of nitrogens with one attached hydrogen (secondary N) is 1. The Hall–Kier alpha value is -3.34. The highest BCUT2D eigenvalue weighted by molar-refractivity contribution is 7.88. The van der Waals surface area contributed by atoms with Crippen LogP contribution in [0.15, 0.2) is 71.3 Å². The number of benzene rings is 3. The minimum Gasteiger partial charge on any atom is -0.485 e. The van der Waals surface area contributed by atoms with Crippen LogP contribution in [0.25, 0.3) is 11.1 Å². The third kappa shape index (κ3) is 6.45. The van der Waals surface area contributed by atoms with Crippen LogP contribution in [0.4, 0.5) is 13.2 Å². The maximum Gasteiger partial charge on any atom is 0.208 e. The highest BCUT2D eigenvalue weighted by Gasteiger charge is 2.46. The number of alkyl halides is 1. The second kappa shape index (κ2) is 11.9. The molecule has 1 saturated carbocycles. The molecular weight excluding hydrogens is 577 g/mol. The Morgan fingerprint density at radius 2 is 1.85 bits per heavy atom. The molecule has 0 aliphatic heterocycles. The van der Waals surface area contributed by atoms with Gasteiger partial charge in [-0.2, -0.15) is 0 Å². The molecule has 3 aromatic carbocycles. The summed E-state index contributed by atoms with van der Waals surface area (Å²) in [5.74, 6) is -2.36. The summed E-state index contributed by atoms with van der Waals surface area (Å²) >= 11 is 5.93. The predicted octanol–water partition coefficient (Wildman–Crippen LogP) is 6.66. The lowest BCUT2D eigenvalue weighted by molar-refractivity contribution is 0.291. The van der Waals surface area contributed by atoms with Crippen molar-refractivity contribution in [2.24, 2.45) is 0 Å². The molecule has 11 heteroatoms. The number of nitrogens with zero attached hydrogens (tertiary/aromatic N) is 1. The number of oxazole rings is 1. The standard InChI is InChI=1S/C30H28ClF3N2O4S/c1-41(37,38)36-21-12-13-30(15-21,29-35-22(16-31)18-40-29)14-20-10-11-24(32)26(27(20)34)23-8-5-9-25(33)28(23)39-17-19-6-3-2-4-7-19/h2-11,18,21,36H,12-17H2,1H3/t21-,30+/m0/s1. The fourth-order valence-electron chi connectivity index (χ4n) is 5.50. The van der Waals surface area contributed by atoms with E-state index in [1.807, 2.05) is 18.2 Å². The maximum atomic E-state index is 16.3. The summed E-state index contributed by atoms with van der Waals surface area (Å²) in [7, 11) is -3.50. The number of para-hydroxylation sites is 1. The molecule has 0 bridgehead atoms. The number of sulfonamides is 1. The minimum atomic E-state index is -3.50. The SMILES string of the molecule is CS(=O)(=O)N[C@H]1CC[C@](Cc2ccc(F)c(-c3cccc(F)c3OCc3ccccc3)c2F)(c2nc(CCl)co2)C1.